The quantitative estimate of drug-likeness (QED) is 0.638. The summed E-state index contributed by atoms with van der Waals surface area (Å²) in [5.41, 5.74) is 3.26. The third-order valence-electron chi connectivity index (χ3n) is 8.80. The molecule has 180 valence electrons. The summed E-state index contributed by atoms with van der Waals surface area (Å²) in [5, 5.41) is 2.97. The van der Waals surface area contributed by atoms with Crippen molar-refractivity contribution in [2.24, 2.45) is 10.8 Å². The SMILES string of the molecule is Cc1c2c(c(C)c3c1OC(C)(C14CCC(CC(=O)OC(C)(C)C)(CC1)CC4)O3)C(=O)NCC2. The van der Waals surface area contributed by atoms with Gasteiger partial charge in [-0.1, -0.05) is 0 Å². The van der Waals surface area contributed by atoms with Gasteiger partial charge < -0.3 is 19.5 Å². The minimum Gasteiger partial charge on any atom is -0.460 e. The lowest BCUT2D eigenvalue weighted by atomic mass is 9.50. The third-order valence-corrected chi connectivity index (χ3v) is 8.80. The van der Waals surface area contributed by atoms with Crippen molar-refractivity contribution in [3.05, 3.63) is 22.3 Å². The molecule has 0 aromatic heterocycles. The van der Waals surface area contributed by atoms with E-state index in [2.05, 4.69) is 19.2 Å². The van der Waals surface area contributed by atoms with Gasteiger partial charge in [-0.05, 0) is 96.1 Å². The van der Waals surface area contributed by atoms with Gasteiger partial charge in [-0.25, -0.2) is 0 Å². The predicted octanol–water partition coefficient (Wildman–Crippen LogP) is 5.15. The minimum absolute atomic E-state index is 0.0164. The average molecular weight is 456 g/mol. The van der Waals surface area contributed by atoms with Gasteiger partial charge in [0.1, 0.15) is 5.60 Å². The van der Waals surface area contributed by atoms with Crippen LogP contribution in [0.5, 0.6) is 11.5 Å². The number of carbonyl (C=O) groups is 2. The molecule has 3 aliphatic carbocycles. The predicted molar refractivity (Wildman–Crippen MR) is 125 cm³/mol. The van der Waals surface area contributed by atoms with E-state index in [1.54, 1.807) is 0 Å². The first-order valence-corrected chi connectivity index (χ1v) is 12.4. The highest BCUT2D eigenvalue weighted by Gasteiger charge is 2.62. The molecule has 1 aromatic carbocycles. The number of esters is 1. The van der Waals surface area contributed by atoms with E-state index < -0.39 is 11.4 Å². The summed E-state index contributed by atoms with van der Waals surface area (Å²) in [6.07, 6.45) is 7.19. The van der Waals surface area contributed by atoms with Crippen LogP contribution in [0.25, 0.3) is 0 Å². The molecule has 1 aromatic rings. The highest BCUT2D eigenvalue weighted by atomic mass is 16.7. The number of rotatable bonds is 3. The van der Waals surface area contributed by atoms with Crippen LogP contribution in [0.2, 0.25) is 0 Å². The monoisotopic (exact) mass is 455 g/mol. The van der Waals surface area contributed by atoms with Crippen LogP contribution in [-0.4, -0.2) is 29.8 Å². The van der Waals surface area contributed by atoms with Crippen LogP contribution in [-0.2, 0) is 16.0 Å². The van der Waals surface area contributed by atoms with E-state index in [0.29, 0.717) is 13.0 Å². The van der Waals surface area contributed by atoms with E-state index in [-0.39, 0.29) is 22.7 Å². The van der Waals surface area contributed by atoms with Gasteiger partial charge in [-0.3, -0.25) is 9.59 Å². The van der Waals surface area contributed by atoms with Crippen LogP contribution in [0.3, 0.4) is 0 Å². The summed E-state index contributed by atoms with van der Waals surface area (Å²) < 4.78 is 19.0. The Kier molecular flexibility index (Phi) is 4.87. The maximum atomic E-state index is 12.6. The van der Waals surface area contributed by atoms with Gasteiger partial charge in [-0.15, -0.1) is 0 Å². The van der Waals surface area contributed by atoms with Crippen LogP contribution in [0.4, 0.5) is 0 Å². The summed E-state index contributed by atoms with van der Waals surface area (Å²) in [7, 11) is 0. The van der Waals surface area contributed by atoms with Crippen molar-refractivity contribution in [1.29, 1.82) is 0 Å². The zero-order chi connectivity index (χ0) is 23.8. The second kappa shape index (κ2) is 7.13. The molecule has 3 fully saturated rings. The van der Waals surface area contributed by atoms with Gasteiger partial charge in [0.15, 0.2) is 11.5 Å². The summed E-state index contributed by atoms with van der Waals surface area (Å²) in [4.78, 5) is 25.2. The van der Waals surface area contributed by atoms with Crippen molar-refractivity contribution in [2.75, 3.05) is 6.54 Å². The Morgan fingerprint density at radius 2 is 1.58 bits per heavy atom. The number of hydrogen-bond donors (Lipinski definition) is 1. The second-order valence-electron chi connectivity index (χ2n) is 12.0. The lowest BCUT2D eigenvalue weighted by Crippen LogP contribution is -2.58. The highest BCUT2D eigenvalue weighted by molar-refractivity contribution is 6.00. The van der Waals surface area contributed by atoms with Crippen LogP contribution < -0.4 is 14.8 Å². The Hall–Kier alpha value is -2.24. The Labute approximate surface area is 196 Å². The van der Waals surface area contributed by atoms with Gasteiger partial charge >= 0.3 is 5.97 Å². The molecule has 33 heavy (non-hydrogen) atoms. The smallest absolute Gasteiger partial charge is 0.306 e. The van der Waals surface area contributed by atoms with E-state index in [9.17, 15) is 9.59 Å². The lowest BCUT2D eigenvalue weighted by Gasteiger charge is -2.57. The normalized spacial score (nSPS) is 32.4. The molecule has 0 spiro atoms. The fraction of sp³-hybridized carbons (Fsp3) is 0.704. The van der Waals surface area contributed by atoms with Gasteiger partial charge in [-0.2, -0.15) is 0 Å². The Morgan fingerprint density at radius 1 is 1.00 bits per heavy atom. The fourth-order valence-electron chi connectivity index (χ4n) is 6.78. The van der Waals surface area contributed by atoms with Crippen molar-refractivity contribution >= 4 is 11.9 Å². The van der Waals surface area contributed by atoms with Crippen LogP contribution in [0.1, 0.15) is 99.7 Å². The molecule has 0 saturated heterocycles. The molecule has 3 saturated carbocycles. The first kappa shape index (κ1) is 22.5. The lowest BCUT2D eigenvalue weighted by molar-refractivity contribution is -0.214. The van der Waals surface area contributed by atoms with Gasteiger partial charge in [0.05, 0.1) is 6.42 Å². The van der Waals surface area contributed by atoms with Crippen LogP contribution in [0.15, 0.2) is 0 Å². The summed E-state index contributed by atoms with van der Waals surface area (Å²) in [6.45, 7) is 12.5. The van der Waals surface area contributed by atoms with E-state index in [0.717, 1.165) is 78.7 Å². The first-order chi connectivity index (χ1) is 15.4. The number of hydrogen-bond acceptors (Lipinski definition) is 5. The molecule has 6 rings (SSSR count). The number of amides is 1. The summed E-state index contributed by atoms with van der Waals surface area (Å²) >= 11 is 0. The van der Waals surface area contributed by atoms with Crippen molar-refractivity contribution in [3.8, 4) is 11.5 Å². The van der Waals surface area contributed by atoms with Crippen molar-refractivity contribution in [1.82, 2.24) is 5.32 Å². The molecule has 1 N–H and O–H groups in total. The molecule has 0 radical (unpaired) electrons. The third kappa shape index (κ3) is 3.43. The second-order valence-corrected chi connectivity index (χ2v) is 12.0. The fourth-order valence-corrected chi connectivity index (χ4v) is 6.78. The largest absolute Gasteiger partial charge is 0.460 e. The molecule has 2 heterocycles. The van der Waals surface area contributed by atoms with E-state index in [1.807, 2.05) is 27.7 Å². The number of benzene rings is 1. The minimum atomic E-state index is -0.760. The first-order valence-electron chi connectivity index (χ1n) is 12.4. The van der Waals surface area contributed by atoms with Crippen molar-refractivity contribution in [2.45, 2.75) is 104 Å². The molecule has 1 unspecified atom stereocenters. The van der Waals surface area contributed by atoms with Gasteiger partial charge in [0.2, 0.25) is 0 Å². The number of ether oxygens (including phenoxy) is 3. The molecule has 5 aliphatic rings. The molecule has 1 amide bonds. The number of nitrogens with one attached hydrogen (secondary N) is 1. The number of fused-ring (bicyclic) bond motifs is 5. The molecule has 2 aliphatic heterocycles. The van der Waals surface area contributed by atoms with Crippen LogP contribution in [0, 0.1) is 24.7 Å². The zero-order valence-electron chi connectivity index (χ0n) is 20.9. The molecular formula is C27H37NO5. The Morgan fingerprint density at radius 3 is 2.15 bits per heavy atom. The topological polar surface area (TPSA) is 73.9 Å². The van der Waals surface area contributed by atoms with E-state index in [1.165, 1.54) is 0 Å². The standard InChI is InChI=1S/C27H37NO5/c1-16-18-7-14-28-23(30)20(18)17(2)22-21(16)32-25(6,33-22)27-11-8-26(9-12-27,10-13-27)15-19(29)31-24(3,4)5/h7-15H2,1-6H3,(H,28,30). The molecule has 6 heteroatoms. The maximum Gasteiger partial charge on any atom is 0.306 e. The molecule has 1 atom stereocenters. The van der Waals surface area contributed by atoms with Crippen molar-refractivity contribution in [3.63, 3.8) is 0 Å². The van der Waals surface area contributed by atoms with Crippen molar-refractivity contribution < 1.29 is 23.8 Å². The number of carbonyl (C=O) groups excluding carboxylic acids is 2. The zero-order valence-corrected chi connectivity index (χ0v) is 20.9. The highest BCUT2D eigenvalue weighted by Crippen LogP contribution is 2.65. The van der Waals surface area contributed by atoms with Crippen LogP contribution >= 0.6 is 0 Å². The summed E-state index contributed by atoms with van der Waals surface area (Å²) in [5.74, 6) is 0.686. The van der Waals surface area contributed by atoms with Gasteiger partial charge in [0.25, 0.3) is 11.7 Å². The molecule has 6 nitrogen and oxygen atoms in total. The van der Waals surface area contributed by atoms with Gasteiger partial charge in [0, 0.05) is 30.0 Å². The Balaban J connectivity index is 1.38. The summed E-state index contributed by atoms with van der Waals surface area (Å²) in [6, 6.07) is 0. The average Bonchev–Trinajstić information content (AvgIpc) is 3.11. The van der Waals surface area contributed by atoms with E-state index in [4.69, 9.17) is 14.2 Å². The van der Waals surface area contributed by atoms with E-state index >= 15 is 0 Å². The molecular weight excluding hydrogens is 418 g/mol. The maximum absolute atomic E-state index is 12.6. The molecule has 2 bridgehead atoms. The Bertz CT molecular complexity index is 1010.